The first-order valence-corrected chi connectivity index (χ1v) is 6.89. The number of aryl methyl sites for hydroxylation is 1. The highest BCUT2D eigenvalue weighted by atomic mass is 16.4. The van der Waals surface area contributed by atoms with E-state index in [1.54, 1.807) is 6.08 Å². The summed E-state index contributed by atoms with van der Waals surface area (Å²) in [6, 6.07) is 5.75. The molecule has 1 aromatic carbocycles. The highest BCUT2D eigenvalue weighted by molar-refractivity contribution is 5.94. The van der Waals surface area contributed by atoms with E-state index in [0.717, 1.165) is 48.7 Å². The quantitative estimate of drug-likeness (QED) is 0.861. The molecule has 1 heterocycles. The fourth-order valence-corrected chi connectivity index (χ4v) is 2.47. The zero-order valence-corrected chi connectivity index (χ0v) is 11.6. The average molecular weight is 273 g/mol. The molecule has 2 rings (SSSR count). The average Bonchev–Trinajstić information content (AvgIpc) is 2.60. The smallest absolute Gasteiger partial charge is 0.328 e. The van der Waals surface area contributed by atoms with Crippen LogP contribution in [-0.2, 0) is 9.59 Å². The Morgan fingerprint density at radius 3 is 2.80 bits per heavy atom. The molecule has 0 atom stereocenters. The molecule has 4 nitrogen and oxygen atoms in total. The lowest BCUT2D eigenvalue weighted by Gasteiger charge is -2.21. The lowest BCUT2D eigenvalue weighted by molar-refractivity contribution is -0.131. The van der Waals surface area contributed by atoms with Crippen LogP contribution >= 0.6 is 0 Å². The zero-order chi connectivity index (χ0) is 14.5. The third kappa shape index (κ3) is 3.70. The number of amides is 1. The first-order valence-electron chi connectivity index (χ1n) is 6.89. The molecular formula is C16H19NO3. The Morgan fingerprint density at radius 1 is 1.25 bits per heavy atom. The maximum atomic E-state index is 12.1. The molecule has 0 spiro atoms. The molecule has 0 radical (unpaired) electrons. The van der Waals surface area contributed by atoms with Gasteiger partial charge < -0.3 is 10.0 Å². The SMILES string of the molecule is Cc1cc(/C=C/C(=O)O)cc(N2CCCCCC2=O)c1. The van der Waals surface area contributed by atoms with E-state index in [1.807, 2.05) is 30.0 Å². The molecule has 1 saturated heterocycles. The Morgan fingerprint density at radius 2 is 2.05 bits per heavy atom. The minimum absolute atomic E-state index is 0.154. The lowest BCUT2D eigenvalue weighted by Crippen LogP contribution is -2.30. The molecule has 1 N–H and O–H groups in total. The number of carbonyl (C=O) groups is 2. The van der Waals surface area contributed by atoms with Crippen LogP contribution in [0.25, 0.3) is 6.08 Å². The van der Waals surface area contributed by atoms with Crippen molar-refractivity contribution in [3.05, 3.63) is 35.4 Å². The summed E-state index contributed by atoms with van der Waals surface area (Å²) in [6.45, 7) is 2.69. The van der Waals surface area contributed by atoms with Crippen molar-refractivity contribution in [2.24, 2.45) is 0 Å². The fraction of sp³-hybridized carbons (Fsp3) is 0.375. The number of hydrogen-bond acceptors (Lipinski definition) is 2. The summed E-state index contributed by atoms with van der Waals surface area (Å²) in [6.07, 6.45) is 6.31. The van der Waals surface area contributed by atoms with Crippen molar-refractivity contribution in [1.29, 1.82) is 0 Å². The van der Waals surface area contributed by atoms with Gasteiger partial charge in [0.25, 0.3) is 0 Å². The van der Waals surface area contributed by atoms with Crippen molar-refractivity contribution in [3.63, 3.8) is 0 Å². The van der Waals surface area contributed by atoms with E-state index in [9.17, 15) is 9.59 Å². The summed E-state index contributed by atoms with van der Waals surface area (Å²) in [5.41, 5.74) is 2.69. The van der Waals surface area contributed by atoms with Gasteiger partial charge in [0.1, 0.15) is 0 Å². The van der Waals surface area contributed by atoms with Gasteiger partial charge in [0, 0.05) is 24.7 Å². The number of anilines is 1. The topological polar surface area (TPSA) is 57.6 Å². The van der Waals surface area contributed by atoms with Gasteiger partial charge in [-0.2, -0.15) is 0 Å². The molecular weight excluding hydrogens is 254 g/mol. The van der Waals surface area contributed by atoms with Crippen LogP contribution in [0.2, 0.25) is 0 Å². The molecule has 0 bridgehead atoms. The molecule has 0 saturated carbocycles. The van der Waals surface area contributed by atoms with Gasteiger partial charge in [-0.05, 0) is 49.1 Å². The third-order valence-electron chi connectivity index (χ3n) is 3.39. The van der Waals surface area contributed by atoms with Gasteiger partial charge in [-0.25, -0.2) is 4.79 Å². The summed E-state index contributed by atoms with van der Waals surface area (Å²) in [4.78, 5) is 24.5. The van der Waals surface area contributed by atoms with Crippen molar-refractivity contribution < 1.29 is 14.7 Å². The summed E-state index contributed by atoms with van der Waals surface area (Å²) >= 11 is 0. The first kappa shape index (κ1) is 14.3. The standard InChI is InChI=1S/C16H19NO3/c1-12-9-13(6-7-16(19)20)11-14(10-12)17-8-4-2-3-5-15(17)18/h6-7,9-11H,2-5,8H2,1H3,(H,19,20)/b7-6+. The van der Waals surface area contributed by atoms with Gasteiger partial charge in [-0.1, -0.05) is 12.5 Å². The van der Waals surface area contributed by atoms with E-state index in [4.69, 9.17) is 5.11 Å². The van der Waals surface area contributed by atoms with Crippen LogP contribution in [0.4, 0.5) is 5.69 Å². The molecule has 1 fully saturated rings. The molecule has 1 amide bonds. The second-order valence-corrected chi connectivity index (χ2v) is 5.13. The molecule has 106 valence electrons. The van der Waals surface area contributed by atoms with Gasteiger partial charge in [0.2, 0.25) is 5.91 Å². The predicted molar refractivity (Wildman–Crippen MR) is 78.7 cm³/mol. The molecule has 0 unspecified atom stereocenters. The Balaban J connectivity index is 2.30. The number of carboxylic acid groups (broad SMARTS) is 1. The van der Waals surface area contributed by atoms with Gasteiger partial charge >= 0.3 is 5.97 Å². The minimum Gasteiger partial charge on any atom is -0.478 e. The molecule has 1 aromatic rings. The van der Waals surface area contributed by atoms with Crippen LogP contribution in [0, 0.1) is 6.92 Å². The van der Waals surface area contributed by atoms with E-state index < -0.39 is 5.97 Å². The largest absolute Gasteiger partial charge is 0.478 e. The van der Waals surface area contributed by atoms with Crippen LogP contribution < -0.4 is 4.90 Å². The van der Waals surface area contributed by atoms with Crippen LogP contribution in [0.3, 0.4) is 0 Å². The van der Waals surface area contributed by atoms with Gasteiger partial charge in [0.05, 0.1) is 0 Å². The summed E-state index contributed by atoms with van der Waals surface area (Å²) < 4.78 is 0. The first-order chi connectivity index (χ1) is 9.56. The minimum atomic E-state index is -0.973. The number of nitrogens with zero attached hydrogens (tertiary/aromatic N) is 1. The van der Waals surface area contributed by atoms with E-state index in [1.165, 1.54) is 0 Å². The van der Waals surface area contributed by atoms with E-state index in [2.05, 4.69) is 0 Å². The van der Waals surface area contributed by atoms with Crippen LogP contribution in [0.15, 0.2) is 24.3 Å². The monoisotopic (exact) mass is 273 g/mol. The Hall–Kier alpha value is -2.10. The molecule has 0 aromatic heterocycles. The fourth-order valence-electron chi connectivity index (χ4n) is 2.47. The highest BCUT2D eigenvalue weighted by Gasteiger charge is 2.18. The van der Waals surface area contributed by atoms with Crippen molar-refractivity contribution in [2.45, 2.75) is 32.6 Å². The van der Waals surface area contributed by atoms with Crippen molar-refractivity contribution >= 4 is 23.6 Å². The number of aliphatic carboxylic acids is 1. The Kier molecular flexibility index (Phi) is 4.56. The van der Waals surface area contributed by atoms with Crippen LogP contribution in [0.1, 0.15) is 36.8 Å². The summed E-state index contributed by atoms with van der Waals surface area (Å²) in [5.74, 6) is -0.819. The van der Waals surface area contributed by atoms with E-state index >= 15 is 0 Å². The normalized spacial score (nSPS) is 16.4. The summed E-state index contributed by atoms with van der Waals surface area (Å²) in [7, 11) is 0. The molecule has 4 heteroatoms. The number of benzene rings is 1. The second kappa shape index (κ2) is 6.37. The van der Waals surface area contributed by atoms with Crippen molar-refractivity contribution in [1.82, 2.24) is 0 Å². The van der Waals surface area contributed by atoms with Gasteiger partial charge in [-0.15, -0.1) is 0 Å². The van der Waals surface area contributed by atoms with Crippen molar-refractivity contribution in [2.75, 3.05) is 11.4 Å². The third-order valence-corrected chi connectivity index (χ3v) is 3.39. The van der Waals surface area contributed by atoms with Crippen LogP contribution in [-0.4, -0.2) is 23.5 Å². The maximum absolute atomic E-state index is 12.1. The van der Waals surface area contributed by atoms with E-state index in [0.29, 0.717) is 6.42 Å². The number of carbonyl (C=O) groups excluding carboxylic acids is 1. The summed E-state index contributed by atoms with van der Waals surface area (Å²) in [5, 5.41) is 8.69. The van der Waals surface area contributed by atoms with Gasteiger partial charge in [0.15, 0.2) is 0 Å². The molecule has 0 aliphatic carbocycles. The number of rotatable bonds is 3. The number of carboxylic acids is 1. The van der Waals surface area contributed by atoms with Crippen molar-refractivity contribution in [3.8, 4) is 0 Å². The maximum Gasteiger partial charge on any atom is 0.328 e. The second-order valence-electron chi connectivity index (χ2n) is 5.13. The Labute approximate surface area is 118 Å². The lowest BCUT2D eigenvalue weighted by atomic mass is 10.1. The van der Waals surface area contributed by atoms with Gasteiger partial charge in [-0.3, -0.25) is 4.79 Å². The number of hydrogen-bond donors (Lipinski definition) is 1. The molecule has 1 aliphatic heterocycles. The molecule has 1 aliphatic rings. The van der Waals surface area contributed by atoms with Crippen LogP contribution in [0.5, 0.6) is 0 Å². The predicted octanol–water partition coefficient (Wildman–Crippen LogP) is 3.00. The molecule has 20 heavy (non-hydrogen) atoms. The van der Waals surface area contributed by atoms with E-state index in [-0.39, 0.29) is 5.91 Å². The highest BCUT2D eigenvalue weighted by Crippen LogP contribution is 2.24. The zero-order valence-electron chi connectivity index (χ0n) is 11.6. The Bertz CT molecular complexity index is 549.